The molecular formula is C12H12ClN5O3. The van der Waals surface area contributed by atoms with Crippen molar-refractivity contribution in [2.24, 2.45) is 0 Å². The van der Waals surface area contributed by atoms with Crippen LogP contribution in [0.5, 0.6) is 11.8 Å². The van der Waals surface area contributed by atoms with Crippen LogP contribution >= 0.6 is 11.6 Å². The lowest BCUT2D eigenvalue weighted by Gasteiger charge is -2.08. The first kappa shape index (κ1) is 14.9. The van der Waals surface area contributed by atoms with E-state index in [1.165, 1.54) is 12.1 Å². The number of non-ortho nitro benzene ring substituents is 1. The molecule has 2 rings (SSSR count). The van der Waals surface area contributed by atoms with Crippen molar-refractivity contribution in [3.63, 3.8) is 0 Å². The van der Waals surface area contributed by atoms with E-state index < -0.39 is 4.92 Å². The summed E-state index contributed by atoms with van der Waals surface area (Å²) in [6.07, 6.45) is 0. The van der Waals surface area contributed by atoms with E-state index in [1.54, 1.807) is 13.0 Å². The first-order valence-electron chi connectivity index (χ1n) is 6.08. The van der Waals surface area contributed by atoms with Crippen molar-refractivity contribution in [1.82, 2.24) is 15.0 Å². The molecule has 0 bridgehead atoms. The van der Waals surface area contributed by atoms with Crippen molar-refractivity contribution in [2.45, 2.75) is 13.8 Å². The molecule has 8 nitrogen and oxygen atoms in total. The van der Waals surface area contributed by atoms with E-state index >= 15 is 0 Å². The van der Waals surface area contributed by atoms with Crippen LogP contribution < -0.4 is 10.1 Å². The first-order valence-corrected chi connectivity index (χ1v) is 6.45. The van der Waals surface area contributed by atoms with Gasteiger partial charge in [-0.05, 0) is 37.1 Å². The number of benzene rings is 1. The molecule has 21 heavy (non-hydrogen) atoms. The molecular weight excluding hydrogens is 298 g/mol. The highest BCUT2D eigenvalue weighted by atomic mass is 35.5. The maximum absolute atomic E-state index is 10.8. The second kappa shape index (κ2) is 6.31. The van der Waals surface area contributed by atoms with Crippen LogP contribution in [0.2, 0.25) is 5.28 Å². The van der Waals surface area contributed by atoms with Crippen molar-refractivity contribution in [3.05, 3.63) is 39.2 Å². The molecule has 0 radical (unpaired) electrons. The Hall–Kier alpha value is -2.48. The van der Waals surface area contributed by atoms with Crippen molar-refractivity contribution >= 4 is 23.2 Å². The molecule has 0 unspecified atom stereocenters. The number of aryl methyl sites for hydroxylation is 1. The number of nitro benzene ring substituents is 1. The number of anilines is 1. The summed E-state index contributed by atoms with van der Waals surface area (Å²) in [7, 11) is 0. The van der Waals surface area contributed by atoms with Gasteiger partial charge in [0.1, 0.15) is 5.75 Å². The second-order valence-electron chi connectivity index (χ2n) is 4.05. The SMILES string of the molecule is CCNc1nc(Cl)nc(Oc2cc([N+](=O)[O-])ccc2C)n1. The maximum atomic E-state index is 10.8. The summed E-state index contributed by atoms with van der Waals surface area (Å²) in [4.78, 5) is 22.0. The Morgan fingerprint density at radius 1 is 1.38 bits per heavy atom. The van der Waals surface area contributed by atoms with E-state index in [4.69, 9.17) is 16.3 Å². The zero-order valence-corrected chi connectivity index (χ0v) is 12.1. The van der Waals surface area contributed by atoms with Crippen LogP contribution in [0.15, 0.2) is 18.2 Å². The molecule has 0 aliphatic heterocycles. The fraction of sp³-hybridized carbons (Fsp3) is 0.250. The molecule has 9 heteroatoms. The van der Waals surface area contributed by atoms with Crippen LogP contribution in [0.25, 0.3) is 0 Å². The summed E-state index contributed by atoms with van der Waals surface area (Å²) in [6, 6.07) is 4.25. The summed E-state index contributed by atoms with van der Waals surface area (Å²) >= 11 is 5.78. The number of rotatable bonds is 5. The molecule has 0 saturated carbocycles. The smallest absolute Gasteiger partial charge is 0.328 e. The van der Waals surface area contributed by atoms with Crippen molar-refractivity contribution in [3.8, 4) is 11.8 Å². The highest BCUT2D eigenvalue weighted by Crippen LogP contribution is 2.27. The number of nitrogens with one attached hydrogen (secondary N) is 1. The number of hydrogen-bond donors (Lipinski definition) is 1. The van der Waals surface area contributed by atoms with Crippen LogP contribution in [0.1, 0.15) is 12.5 Å². The topological polar surface area (TPSA) is 103 Å². The summed E-state index contributed by atoms with van der Waals surface area (Å²) in [5, 5.41) is 13.6. The summed E-state index contributed by atoms with van der Waals surface area (Å²) in [5.41, 5.74) is 0.629. The van der Waals surface area contributed by atoms with Gasteiger partial charge in [-0.3, -0.25) is 10.1 Å². The number of nitrogens with zero attached hydrogens (tertiary/aromatic N) is 4. The standard InChI is InChI=1S/C12H12ClN5O3/c1-3-14-11-15-10(13)16-12(17-11)21-9-6-8(18(19)20)5-4-7(9)2/h4-6H,3H2,1-2H3,(H,14,15,16,17). The molecule has 0 aliphatic carbocycles. The Morgan fingerprint density at radius 2 is 2.14 bits per heavy atom. The minimum absolute atomic E-state index is 0.0287. The van der Waals surface area contributed by atoms with E-state index in [2.05, 4.69) is 20.3 Å². The third-order valence-corrected chi connectivity index (χ3v) is 2.68. The van der Waals surface area contributed by atoms with Crippen molar-refractivity contribution < 1.29 is 9.66 Å². The van der Waals surface area contributed by atoms with Gasteiger partial charge in [-0.25, -0.2) is 0 Å². The monoisotopic (exact) mass is 309 g/mol. The summed E-state index contributed by atoms with van der Waals surface area (Å²) in [6.45, 7) is 4.24. The molecule has 0 spiro atoms. The van der Waals surface area contributed by atoms with Gasteiger partial charge >= 0.3 is 6.01 Å². The maximum Gasteiger partial charge on any atom is 0.328 e. The van der Waals surface area contributed by atoms with Gasteiger partial charge in [-0.2, -0.15) is 15.0 Å². The lowest BCUT2D eigenvalue weighted by atomic mass is 10.2. The van der Waals surface area contributed by atoms with Gasteiger partial charge in [-0.1, -0.05) is 0 Å². The van der Waals surface area contributed by atoms with E-state index in [0.29, 0.717) is 12.1 Å². The average molecular weight is 310 g/mol. The minimum atomic E-state index is -0.503. The lowest BCUT2D eigenvalue weighted by Crippen LogP contribution is -2.05. The van der Waals surface area contributed by atoms with Crippen molar-refractivity contribution in [1.29, 1.82) is 0 Å². The third kappa shape index (κ3) is 3.76. The molecule has 1 aromatic heterocycles. The zero-order chi connectivity index (χ0) is 15.4. The molecule has 0 fully saturated rings. The molecule has 1 aromatic carbocycles. The largest absolute Gasteiger partial charge is 0.424 e. The van der Waals surface area contributed by atoms with Crippen LogP contribution in [0, 0.1) is 17.0 Å². The van der Waals surface area contributed by atoms with Crippen LogP contribution in [0.3, 0.4) is 0 Å². The van der Waals surface area contributed by atoms with Gasteiger partial charge < -0.3 is 10.1 Å². The predicted molar refractivity (Wildman–Crippen MR) is 76.9 cm³/mol. The highest BCUT2D eigenvalue weighted by molar-refractivity contribution is 6.28. The summed E-state index contributed by atoms with van der Waals surface area (Å²) in [5.74, 6) is 0.560. The minimum Gasteiger partial charge on any atom is -0.424 e. The Labute approximate surface area is 125 Å². The van der Waals surface area contributed by atoms with Gasteiger partial charge in [-0.15, -0.1) is 0 Å². The van der Waals surface area contributed by atoms with E-state index in [0.717, 1.165) is 0 Å². The molecule has 0 atom stereocenters. The Kier molecular flexibility index (Phi) is 4.49. The van der Waals surface area contributed by atoms with Gasteiger partial charge in [0.15, 0.2) is 0 Å². The Balaban J connectivity index is 2.33. The fourth-order valence-corrected chi connectivity index (χ4v) is 1.68. The van der Waals surface area contributed by atoms with E-state index in [9.17, 15) is 10.1 Å². The second-order valence-corrected chi connectivity index (χ2v) is 4.39. The quantitative estimate of drug-likeness (QED) is 0.668. The molecule has 0 saturated heterocycles. The molecule has 2 aromatic rings. The van der Waals surface area contributed by atoms with Crippen LogP contribution in [-0.4, -0.2) is 26.4 Å². The van der Waals surface area contributed by atoms with Gasteiger partial charge in [0, 0.05) is 12.6 Å². The number of aromatic nitrogens is 3. The third-order valence-electron chi connectivity index (χ3n) is 2.51. The van der Waals surface area contributed by atoms with Crippen LogP contribution in [0.4, 0.5) is 11.6 Å². The van der Waals surface area contributed by atoms with E-state index in [1.807, 2.05) is 6.92 Å². The number of ether oxygens (including phenoxy) is 1. The summed E-state index contributed by atoms with van der Waals surface area (Å²) < 4.78 is 5.48. The molecule has 0 aliphatic rings. The number of nitro groups is 1. The lowest BCUT2D eigenvalue weighted by molar-refractivity contribution is -0.384. The molecule has 1 N–H and O–H groups in total. The number of halogens is 1. The van der Waals surface area contributed by atoms with E-state index in [-0.39, 0.29) is 28.7 Å². The Bertz CT molecular complexity index is 680. The van der Waals surface area contributed by atoms with Gasteiger partial charge in [0.2, 0.25) is 11.2 Å². The molecule has 110 valence electrons. The predicted octanol–water partition coefficient (Wildman–Crippen LogP) is 2.97. The average Bonchev–Trinajstić information content (AvgIpc) is 2.40. The van der Waals surface area contributed by atoms with Crippen molar-refractivity contribution in [2.75, 3.05) is 11.9 Å². The highest BCUT2D eigenvalue weighted by Gasteiger charge is 2.13. The normalized spacial score (nSPS) is 10.2. The zero-order valence-electron chi connectivity index (χ0n) is 11.3. The van der Waals surface area contributed by atoms with Gasteiger partial charge in [0.25, 0.3) is 5.69 Å². The molecule has 1 heterocycles. The Morgan fingerprint density at radius 3 is 2.81 bits per heavy atom. The fourth-order valence-electron chi connectivity index (χ4n) is 1.53. The first-order chi connectivity index (χ1) is 9.99. The molecule has 0 amide bonds. The number of hydrogen-bond acceptors (Lipinski definition) is 7. The van der Waals surface area contributed by atoms with Gasteiger partial charge in [0.05, 0.1) is 11.0 Å². The van der Waals surface area contributed by atoms with Crippen LogP contribution in [-0.2, 0) is 0 Å².